The van der Waals surface area contributed by atoms with Crippen LogP contribution < -0.4 is 10.1 Å². The second-order valence-corrected chi connectivity index (χ2v) is 7.86. The maximum Gasteiger partial charge on any atom is 0.220 e. The Morgan fingerprint density at radius 3 is 2.42 bits per heavy atom. The fourth-order valence-corrected chi connectivity index (χ4v) is 3.87. The number of carbonyl (C=O) groups is 1. The fraction of sp³-hybridized carbons (Fsp3) is 0.316. The summed E-state index contributed by atoms with van der Waals surface area (Å²) in [4.78, 5) is 11.8. The monoisotopic (exact) mass is 431 g/mol. The number of thioether (sulfide) groups is 1. The van der Waals surface area contributed by atoms with Gasteiger partial charge in [-0.05, 0) is 48.4 Å². The molecule has 0 heterocycles. The SMILES string of the molecule is O=C(CCCOc1ccc(Cl)cc1)NCCSCc1c(Cl)cccc1Cl. The summed E-state index contributed by atoms with van der Waals surface area (Å²) < 4.78 is 5.56. The molecule has 0 radical (unpaired) electrons. The van der Waals surface area contributed by atoms with Gasteiger partial charge < -0.3 is 10.1 Å². The summed E-state index contributed by atoms with van der Waals surface area (Å²) in [6.45, 7) is 1.11. The Balaban J connectivity index is 1.53. The molecule has 0 saturated carbocycles. The Hall–Kier alpha value is -1.07. The predicted molar refractivity (Wildman–Crippen MR) is 112 cm³/mol. The van der Waals surface area contributed by atoms with Crippen LogP contribution in [-0.2, 0) is 10.5 Å². The average Bonchev–Trinajstić information content (AvgIpc) is 2.62. The van der Waals surface area contributed by atoms with Gasteiger partial charge in [-0.1, -0.05) is 40.9 Å². The van der Waals surface area contributed by atoms with Crippen molar-refractivity contribution in [3.63, 3.8) is 0 Å². The molecular weight excluding hydrogens is 413 g/mol. The molecule has 0 atom stereocenters. The highest BCUT2D eigenvalue weighted by Gasteiger charge is 2.06. The molecular formula is C19H20Cl3NO2S. The smallest absolute Gasteiger partial charge is 0.220 e. The third-order valence-electron chi connectivity index (χ3n) is 3.51. The number of nitrogens with one attached hydrogen (secondary N) is 1. The van der Waals surface area contributed by atoms with Crippen LogP contribution in [0.25, 0.3) is 0 Å². The molecule has 1 amide bonds. The number of ether oxygens (including phenoxy) is 1. The zero-order valence-electron chi connectivity index (χ0n) is 14.1. The lowest BCUT2D eigenvalue weighted by Crippen LogP contribution is -2.25. The minimum absolute atomic E-state index is 0.0288. The Labute approximate surface area is 173 Å². The van der Waals surface area contributed by atoms with Crippen molar-refractivity contribution in [2.45, 2.75) is 18.6 Å². The molecule has 0 spiro atoms. The van der Waals surface area contributed by atoms with E-state index in [1.165, 1.54) is 0 Å². The van der Waals surface area contributed by atoms with E-state index in [-0.39, 0.29) is 5.91 Å². The van der Waals surface area contributed by atoms with E-state index in [0.717, 1.165) is 22.8 Å². The van der Waals surface area contributed by atoms with E-state index in [4.69, 9.17) is 39.5 Å². The number of benzene rings is 2. The van der Waals surface area contributed by atoms with Gasteiger partial charge in [0.1, 0.15) is 5.75 Å². The van der Waals surface area contributed by atoms with E-state index in [1.807, 2.05) is 30.3 Å². The van der Waals surface area contributed by atoms with Crippen LogP contribution in [-0.4, -0.2) is 24.8 Å². The maximum absolute atomic E-state index is 11.8. The van der Waals surface area contributed by atoms with Crippen LogP contribution in [0.3, 0.4) is 0 Å². The largest absolute Gasteiger partial charge is 0.494 e. The maximum atomic E-state index is 11.8. The molecule has 26 heavy (non-hydrogen) atoms. The summed E-state index contributed by atoms with van der Waals surface area (Å²) in [5.74, 6) is 2.31. The van der Waals surface area contributed by atoms with Crippen molar-refractivity contribution in [1.29, 1.82) is 0 Å². The average molecular weight is 433 g/mol. The first-order valence-electron chi connectivity index (χ1n) is 8.22. The summed E-state index contributed by atoms with van der Waals surface area (Å²) in [7, 11) is 0. The van der Waals surface area contributed by atoms with Gasteiger partial charge in [-0.25, -0.2) is 0 Å². The van der Waals surface area contributed by atoms with Crippen molar-refractivity contribution in [3.05, 3.63) is 63.1 Å². The summed E-state index contributed by atoms with van der Waals surface area (Å²) in [6, 6.07) is 12.7. The Morgan fingerprint density at radius 1 is 1.04 bits per heavy atom. The van der Waals surface area contributed by atoms with E-state index in [2.05, 4.69) is 5.32 Å². The van der Waals surface area contributed by atoms with Crippen molar-refractivity contribution < 1.29 is 9.53 Å². The van der Waals surface area contributed by atoms with Crippen LogP contribution in [0.4, 0.5) is 0 Å². The van der Waals surface area contributed by atoms with Gasteiger partial charge in [-0.15, -0.1) is 0 Å². The molecule has 1 N–H and O–H groups in total. The van der Waals surface area contributed by atoms with Crippen molar-refractivity contribution in [3.8, 4) is 5.75 Å². The summed E-state index contributed by atoms with van der Waals surface area (Å²) in [5, 5.41) is 4.93. The van der Waals surface area contributed by atoms with Crippen molar-refractivity contribution >= 4 is 52.5 Å². The Morgan fingerprint density at radius 2 is 1.73 bits per heavy atom. The van der Waals surface area contributed by atoms with Crippen LogP contribution in [0, 0.1) is 0 Å². The molecule has 0 saturated heterocycles. The zero-order chi connectivity index (χ0) is 18.8. The van der Waals surface area contributed by atoms with E-state index in [1.54, 1.807) is 23.9 Å². The fourth-order valence-electron chi connectivity index (χ4n) is 2.15. The van der Waals surface area contributed by atoms with Gasteiger partial charge in [0.2, 0.25) is 5.91 Å². The van der Waals surface area contributed by atoms with Crippen LogP contribution in [0.2, 0.25) is 15.1 Å². The highest BCUT2D eigenvalue weighted by molar-refractivity contribution is 7.98. The lowest BCUT2D eigenvalue weighted by atomic mass is 10.2. The quantitative estimate of drug-likeness (QED) is 0.478. The zero-order valence-corrected chi connectivity index (χ0v) is 17.2. The van der Waals surface area contributed by atoms with Crippen LogP contribution in [0.15, 0.2) is 42.5 Å². The normalized spacial score (nSPS) is 10.6. The lowest BCUT2D eigenvalue weighted by molar-refractivity contribution is -0.121. The number of hydrogen-bond donors (Lipinski definition) is 1. The van der Waals surface area contributed by atoms with Gasteiger partial charge in [0.25, 0.3) is 0 Å². The molecule has 0 aromatic heterocycles. The third-order valence-corrected chi connectivity index (χ3v) is 5.45. The highest BCUT2D eigenvalue weighted by atomic mass is 35.5. The molecule has 140 valence electrons. The topological polar surface area (TPSA) is 38.3 Å². The number of carbonyl (C=O) groups excluding carboxylic acids is 1. The molecule has 0 unspecified atom stereocenters. The molecule has 2 aromatic rings. The van der Waals surface area contributed by atoms with Gasteiger partial charge >= 0.3 is 0 Å². The first-order valence-corrected chi connectivity index (χ1v) is 10.5. The van der Waals surface area contributed by atoms with Gasteiger partial charge in [0.05, 0.1) is 6.61 Å². The number of amides is 1. The van der Waals surface area contributed by atoms with Gasteiger partial charge in [0.15, 0.2) is 0 Å². The molecule has 0 fully saturated rings. The van der Waals surface area contributed by atoms with E-state index in [9.17, 15) is 4.79 Å². The minimum atomic E-state index is 0.0288. The van der Waals surface area contributed by atoms with Crippen molar-refractivity contribution in [1.82, 2.24) is 5.32 Å². The highest BCUT2D eigenvalue weighted by Crippen LogP contribution is 2.27. The molecule has 0 aliphatic heterocycles. The van der Waals surface area contributed by atoms with E-state index in [0.29, 0.717) is 41.1 Å². The summed E-state index contributed by atoms with van der Waals surface area (Å²) in [5.41, 5.74) is 0.937. The molecule has 3 nitrogen and oxygen atoms in total. The van der Waals surface area contributed by atoms with Crippen LogP contribution >= 0.6 is 46.6 Å². The second kappa shape index (κ2) is 11.6. The van der Waals surface area contributed by atoms with Gasteiger partial charge in [0, 0.05) is 39.5 Å². The predicted octanol–water partition coefficient (Wildman–Crippen LogP) is 5.86. The Kier molecular flexibility index (Phi) is 9.48. The van der Waals surface area contributed by atoms with Gasteiger partial charge in [-0.3, -0.25) is 4.79 Å². The molecule has 0 aliphatic rings. The molecule has 7 heteroatoms. The van der Waals surface area contributed by atoms with Crippen LogP contribution in [0.1, 0.15) is 18.4 Å². The number of rotatable bonds is 10. The van der Waals surface area contributed by atoms with Crippen molar-refractivity contribution in [2.24, 2.45) is 0 Å². The van der Waals surface area contributed by atoms with E-state index < -0.39 is 0 Å². The first kappa shape index (κ1) is 21.2. The first-order chi connectivity index (χ1) is 12.6. The number of halogens is 3. The molecule has 0 bridgehead atoms. The standard InChI is InChI=1S/C19H20Cl3NO2S/c20-14-6-8-15(9-7-14)25-11-2-5-19(24)23-10-12-26-13-16-17(21)3-1-4-18(16)22/h1,3-4,6-9H,2,5,10-13H2,(H,23,24). The molecule has 2 rings (SSSR count). The number of hydrogen-bond acceptors (Lipinski definition) is 3. The minimum Gasteiger partial charge on any atom is -0.494 e. The molecule has 0 aliphatic carbocycles. The Bertz CT molecular complexity index is 690. The lowest BCUT2D eigenvalue weighted by Gasteiger charge is -2.08. The van der Waals surface area contributed by atoms with Gasteiger partial charge in [-0.2, -0.15) is 11.8 Å². The van der Waals surface area contributed by atoms with Crippen molar-refractivity contribution in [2.75, 3.05) is 18.9 Å². The molecule has 2 aromatic carbocycles. The third kappa shape index (κ3) is 7.67. The second-order valence-electron chi connectivity index (χ2n) is 5.51. The summed E-state index contributed by atoms with van der Waals surface area (Å²) >= 11 is 19.8. The summed E-state index contributed by atoms with van der Waals surface area (Å²) in [6.07, 6.45) is 1.10. The van der Waals surface area contributed by atoms with Crippen LogP contribution in [0.5, 0.6) is 5.75 Å². The van der Waals surface area contributed by atoms with E-state index >= 15 is 0 Å².